The monoisotopic (exact) mass is 476 g/mol. The fourth-order valence-corrected chi connectivity index (χ4v) is 5.10. The number of fused-ring (bicyclic) bond motifs is 1. The predicted octanol–water partition coefficient (Wildman–Crippen LogP) is 5.18. The smallest absolute Gasteiger partial charge is 0.242 e. The lowest BCUT2D eigenvalue weighted by Crippen LogP contribution is -2.49. The van der Waals surface area contributed by atoms with Crippen LogP contribution in [0.1, 0.15) is 56.2 Å². The molecule has 5 nitrogen and oxygen atoms in total. The van der Waals surface area contributed by atoms with Crippen molar-refractivity contribution in [2.45, 2.75) is 46.6 Å². The number of hydrogen-bond acceptors (Lipinski definition) is 4. The van der Waals surface area contributed by atoms with Gasteiger partial charge in [-0.25, -0.2) is 0 Å². The first kappa shape index (κ1) is 24.7. The lowest BCUT2D eigenvalue weighted by atomic mass is 9.92. The Kier molecular flexibility index (Phi) is 8.37. The summed E-state index contributed by atoms with van der Waals surface area (Å²) in [6.45, 7) is 10.1. The summed E-state index contributed by atoms with van der Waals surface area (Å²) in [5.41, 5.74) is 1.65. The van der Waals surface area contributed by atoms with Gasteiger partial charge in [0.2, 0.25) is 11.8 Å². The number of hydrogen-bond donors (Lipinski definition) is 0. The number of thiophene rings is 1. The summed E-state index contributed by atoms with van der Waals surface area (Å²) in [5.74, 6) is -0.0468. The summed E-state index contributed by atoms with van der Waals surface area (Å²) < 4.78 is 5.44. The molecule has 7 heteroatoms. The second-order valence-electron chi connectivity index (χ2n) is 9.12. The summed E-state index contributed by atoms with van der Waals surface area (Å²) in [5, 5.41) is 2.76. The highest BCUT2D eigenvalue weighted by molar-refractivity contribution is 7.10. The second-order valence-corrected chi connectivity index (χ2v) is 10.6. The molecule has 1 aliphatic heterocycles. The first-order valence-corrected chi connectivity index (χ1v) is 12.5. The Morgan fingerprint density at radius 2 is 1.94 bits per heavy atom. The average Bonchev–Trinajstić information content (AvgIpc) is 3.23. The molecule has 0 N–H and O–H groups in total. The largest absolute Gasteiger partial charge is 0.382 e. The number of nitrogens with zero attached hydrogens (tertiary/aromatic N) is 2. The standard InChI is InChI=1S/C25H33ClN2O3S/c1-5-31-15-6-13-27(24(30)25(2,3)4)17-22(29)28-14-11-21-20(12-16-32-21)23(28)18-7-9-19(26)10-8-18/h7-10,12,16,23H,5-6,11,13-15,17H2,1-4H3. The number of halogens is 1. The second kappa shape index (κ2) is 10.8. The van der Waals surface area contributed by atoms with Gasteiger partial charge in [-0.1, -0.05) is 44.5 Å². The average molecular weight is 477 g/mol. The minimum absolute atomic E-state index is 0.0152. The zero-order chi connectivity index (χ0) is 23.3. The maximum absolute atomic E-state index is 13.6. The molecule has 1 atom stereocenters. The summed E-state index contributed by atoms with van der Waals surface area (Å²) >= 11 is 7.85. The van der Waals surface area contributed by atoms with E-state index in [4.69, 9.17) is 16.3 Å². The molecule has 32 heavy (non-hydrogen) atoms. The molecule has 0 spiro atoms. The molecule has 0 fully saturated rings. The van der Waals surface area contributed by atoms with Crippen molar-refractivity contribution in [3.05, 3.63) is 56.7 Å². The molecule has 0 saturated heterocycles. The highest BCUT2D eigenvalue weighted by Crippen LogP contribution is 2.38. The van der Waals surface area contributed by atoms with E-state index in [2.05, 4.69) is 11.4 Å². The third kappa shape index (κ3) is 5.91. The van der Waals surface area contributed by atoms with E-state index in [-0.39, 0.29) is 24.4 Å². The number of carbonyl (C=O) groups excluding carboxylic acids is 2. The van der Waals surface area contributed by atoms with Gasteiger partial charge in [-0.05, 0) is 54.5 Å². The van der Waals surface area contributed by atoms with Crippen LogP contribution >= 0.6 is 22.9 Å². The van der Waals surface area contributed by atoms with Gasteiger partial charge in [0.25, 0.3) is 0 Å². The highest BCUT2D eigenvalue weighted by atomic mass is 35.5. The molecule has 2 aromatic rings. The molecule has 2 heterocycles. The van der Waals surface area contributed by atoms with E-state index in [0.29, 0.717) is 37.7 Å². The normalized spacial score (nSPS) is 16.0. The maximum atomic E-state index is 13.6. The first-order chi connectivity index (χ1) is 15.2. The van der Waals surface area contributed by atoms with Crippen LogP contribution in [-0.2, 0) is 20.7 Å². The molecule has 1 aromatic heterocycles. The number of benzene rings is 1. The van der Waals surface area contributed by atoms with Crippen molar-refractivity contribution in [1.82, 2.24) is 9.80 Å². The van der Waals surface area contributed by atoms with Gasteiger partial charge in [-0.3, -0.25) is 9.59 Å². The molecule has 0 saturated carbocycles. The van der Waals surface area contributed by atoms with Crippen LogP contribution in [0.25, 0.3) is 0 Å². The Bertz CT molecular complexity index is 920. The van der Waals surface area contributed by atoms with Gasteiger partial charge in [0, 0.05) is 41.6 Å². The van der Waals surface area contributed by atoms with E-state index in [9.17, 15) is 9.59 Å². The fourth-order valence-electron chi connectivity index (χ4n) is 4.07. The predicted molar refractivity (Wildman–Crippen MR) is 130 cm³/mol. The van der Waals surface area contributed by atoms with Gasteiger partial charge in [0.05, 0.1) is 12.6 Å². The molecule has 3 rings (SSSR count). The minimum atomic E-state index is -0.552. The van der Waals surface area contributed by atoms with E-state index in [1.54, 1.807) is 16.2 Å². The molecule has 1 aromatic carbocycles. The summed E-state index contributed by atoms with van der Waals surface area (Å²) in [6, 6.07) is 9.65. The lowest BCUT2D eigenvalue weighted by molar-refractivity contribution is -0.146. The molecule has 0 radical (unpaired) electrons. The molecular weight excluding hydrogens is 444 g/mol. The quantitative estimate of drug-likeness (QED) is 0.493. The molecule has 1 aliphatic rings. The SMILES string of the molecule is CCOCCCN(CC(=O)N1CCc2sccc2C1c1ccc(Cl)cc1)C(=O)C(C)(C)C. The number of rotatable bonds is 8. The topological polar surface area (TPSA) is 49.9 Å². The zero-order valence-electron chi connectivity index (χ0n) is 19.4. The first-order valence-electron chi connectivity index (χ1n) is 11.2. The van der Waals surface area contributed by atoms with Gasteiger partial charge in [-0.15, -0.1) is 11.3 Å². The molecule has 0 aliphatic carbocycles. The van der Waals surface area contributed by atoms with Crippen molar-refractivity contribution in [3.8, 4) is 0 Å². The van der Waals surface area contributed by atoms with Crippen LogP contribution in [0, 0.1) is 5.41 Å². The maximum Gasteiger partial charge on any atom is 0.242 e. The molecule has 2 amide bonds. The van der Waals surface area contributed by atoms with Gasteiger partial charge in [0.1, 0.15) is 0 Å². The zero-order valence-corrected chi connectivity index (χ0v) is 21.0. The van der Waals surface area contributed by atoms with E-state index in [0.717, 1.165) is 12.0 Å². The van der Waals surface area contributed by atoms with Crippen molar-refractivity contribution >= 4 is 34.8 Å². The van der Waals surface area contributed by atoms with E-state index >= 15 is 0 Å². The highest BCUT2D eigenvalue weighted by Gasteiger charge is 2.35. The van der Waals surface area contributed by atoms with Crippen molar-refractivity contribution in [1.29, 1.82) is 0 Å². The summed E-state index contributed by atoms with van der Waals surface area (Å²) in [4.78, 5) is 31.6. The van der Waals surface area contributed by atoms with Crippen molar-refractivity contribution < 1.29 is 14.3 Å². The third-order valence-corrected chi connectivity index (χ3v) is 6.90. The minimum Gasteiger partial charge on any atom is -0.382 e. The summed E-state index contributed by atoms with van der Waals surface area (Å²) in [7, 11) is 0. The van der Waals surface area contributed by atoms with Crippen LogP contribution in [0.2, 0.25) is 5.02 Å². The van der Waals surface area contributed by atoms with Crippen LogP contribution < -0.4 is 0 Å². The molecule has 1 unspecified atom stereocenters. The van der Waals surface area contributed by atoms with Crippen molar-refractivity contribution in [2.75, 3.05) is 32.8 Å². The Morgan fingerprint density at radius 1 is 1.22 bits per heavy atom. The van der Waals surface area contributed by atoms with Crippen molar-refractivity contribution in [2.24, 2.45) is 5.41 Å². The number of ether oxygens (including phenoxy) is 1. The third-order valence-electron chi connectivity index (χ3n) is 5.65. The van der Waals surface area contributed by atoms with E-state index < -0.39 is 5.41 Å². The Hall–Kier alpha value is -1.89. The number of amides is 2. The Morgan fingerprint density at radius 3 is 2.59 bits per heavy atom. The molecule has 174 valence electrons. The van der Waals surface area contributed by atoms with Gasteiger partial charge in [0.15, 0.2) is 0 Å². The van der Waals surface area contributed by atoms with Crippen LogP contribution in [0.15, 0.2) is 35.7 Å². The summed E-state index contributed by atoms with van der Waals surface area (Å²) in [6.07, 6.45) is 1.54. The van der Waals surface area contributed by atoms with Gasteiger partial charge >= 0.3 is 0 Å². The Labute approximate surface area is 200 Å². The molecular formula is C25H33ClN2O3S. The van der Waals surface area contributed by atoms with E-state index in [1.165, 1.54) is 10.4 Å². The van der Waals surface area contributed by atoms with Gasteiger partial charge in [-0.2, -0.15) is 0 Å². The fraction of sp³-hybridized carbons (Fsp3) is 0.520. The molecule has 0 bridgehead atoms. The van der Waals surface area contributed by atoms with Crippen LogP contribution in [-0.4, -0.2) is 54.5 Å². The Balaban J connectivity index is 1.83. The lowest BCUT2D eigenvalue weighted by Gasteiger charge is -2.38. The number of carbonyl (C=O) groups is 2. The van der Waals surface area contributed by atoms with Crippen molar-refractivity contribution in [3.63, 3.8) is 0 Å². The van der Waals surface area contributed by atoms with Gasteiger partial charge < -0.3 is 14.5 Å². The van der Waals surface area contributed by atoms with Crippen LogP contribution in [0.5, 0.6) is 0 Å². The van der Waals surface area contributed by atoms with Crippen LogP contribution in [0.4, 0.5) is 0 Å². The van der Waals surface area contributed by atoms with Crippen LogP contribution in [0.3, 0.4) is 0 Å². The van der Waals surface area contributed by atoms with E-state index in [1.807, 2.05) is 56.9 Å².